The maximum Gasteiger partial charge on any atom is 0.119 e. The number of rotatable bonds is 8. The maximum atomic E-state index is 5.79. The van der Waals surface area contributed by atoms with E-state index in [2.05, 4.69) is 43.4 Å². The molecule has 112 valence electrons. The molecule has 0 saturated carbocycles. The average Bonchev–Trinajstić information content (AvgIpc) is 2.53. The standard InChI is InChI=1S/C19H25NO/c1-3-7-16(2)20-14-17-10-12-19(13-11-17)21-15-18-8-5-4-6-9-18/h4-6,8-13,16,20H,3,7,14-15H2,1-2H3. The predicted molar refractivity (Wildman–Crippen MR) is 88.4 cm³/mol. The molecule has 0 aliphatic carbocycles. The summed E-state index contributed by atoms with van der Waals surface area (Å²) in [6.45, 7) is 5.99. The van der Waals surface area contributed by atoms with Crippen LogP contribution in [-0.4, -0.2) is 6.04 Å². The third-order valence-corrected chi connectivity index (χ3v) is 3.55. The molecule has 2 aromatic rings. The van der Waals surface area contributed by atoms with Crippen LogP contribution in [0.15, 0.2) is 54.6 Å². The molecule has 0 fully saturated rings. The van der Waals surface area contributed by atoms with Gasteiger partial charge in [-0.15, -0.1) is 0 Å². The number of ether oxygens (including phenoxy) is 1. The van der Waals surface area contributed by atoms with Gasteiger partial charge < -0.3 is 10.1 Å². The molecule has 2 rings (SSSR count). The zero-order valence-corrected chi connectivity index (χ0v) is 13.0. The van der Waals surface area contributed by atoms with E-state index in [1.54, 1.807) is 0 Å². The van der Waals surface area contributed by atoms with Crippen LogP contribution in [0.3, 0.4) is 0 Å². The Labute approximate surface area is 128 Å². The molecule has 0 aliphatic rings. The van der Waals surface area contributed by atoms with Crippen LogP contribution in [-0.2, 0) is 13.2 Å². The molecule has 2 aromatic carbocycles. The van der Waals surface area contributed by atoms with E-state index < -0.39 is 0 Å². The second kappa shape index (κ2) is 8.48. The molecule has 1 atom stereocenters. The summed E-state index contributed by atoms with van der Waals surface area (Å²) in [6, 6.07) is 19.2. The minimum atomic E-state index is 0.573. The second-order valence-electron chi connectivity index (χ2n) is 5.49. The molecule has 0 saturated heterocycles. The fourth-order valence-electron chi connectivity index (χ4n) is 2.27. The summed E-state index contributed by atoms with van der Waals surface area (Å²) in [6.07, 6.45) is 2.44. The Balaban J connectivity index is 1.79. The molecular weight excluding hydrogens is 258 g/mol. The van der Waals surface area contributed by atoms with Crippen molar-refractivity contribution in [3.8, 4) is 5.75 Å². The van der Waals surface area contributed by atoms with Gasteiger partial charge in [-0.05, 0) is 36.6 Å². The van der Waals surface area contributed by atoms with Crippen LogP contribution >= 0.6 is 0 Å². The lowest BCUT2D eigenvalue weighted by molar-refractivity contribution is 0.306. The molecule has 0 spiro atoms. The minimum Gasteiger partial charge on any atom is -0.489 e. The summed E-state index contributed by atoms with van der Waals surface area (Å²) in [5.74, 6) is 0.921. The van der Waals surface area contributed by atoms with Gasteiger partial charge in [-0.2, -0.15) is 0 Å². The largest absolute Gasteiger partial charge is 0.489 e. The minimum absolute atomic E-state index is 0.573. The summed E-state index contributed by atoms with van der Waals surface area (Å²) in [7, 11) is 0. The topological polar surface area (TPSA) is 21.3 Å². The number of hydrogen-bond acceptors (Lipinski definition) is 2. The Morgan fingerprint density at radius 1 is 0.952 bits per heavy atom. The first kappa shape index (κ1) is 15.6. The van der Waals surface area contributed by atoms with Crippen molar-refractivity contribution in [1.29, 1.82) is 0 Å². The van der Waals surface area contributed by atoms with Crippen LogP contribution in [0, 0.1) is 0 Å². The Morgan fingerprint density at radius 2 is 1.67 bits per heavy atom. The maximum absolute atomic E-state index is 5.79. The molecule has 0 heterocycles. The van der Waals surface area contributed by atoms with Gasteiger partial charge in [0.15, 0.2) is 0 Å². The monoisotopic (exact) mass is 283 g/mol. The van der Waals surface area contributed by atoms with Gasteiger partial charge in [0.05, 0.1) is 0 Å². The first-order chi connectivity index (χ1) is 10.3. The van der Waals surface area contributed by atoms with E-state index in [0.717, 1.165) is 12.3 Å². The molecule has 1 N–H and O–H groups in total. The molecule has 2 nitrogen and oxygen atoms in total. The Hall–Kier alpha value is -1.80. The quantitative estimate of drug-likeness (QED) is 0.767. The van der Waals surface area contributed by atoms with E-state index >= 15 is 0 Å². The highest BCUT2D eigenvalue weighted by atomic mass is 16.5. The van der Waals surface area contributed by atoms with E-state index in [1.807, 2.05) is 30.3 Å². The summed E-state index contributed by atoms with van der Waals surface area (Å²) in [5, 5.41) is 3.54. The summed E-state index contributed by atoms with van der Waals surface area (Å²) in [4.78, 5) is 0. The lowest BCUT2D eigenvalue weighted by Gasteiger charge is -2.13. The van der Waals surface area contributed by atoms with Crippen molar-refractivity contribution in [2.45, 2.75) is 45.9 Å². The summed E-state index contributed by atoms with van der Waals surface area (Å²) >= 11 is 0. The van der Waals surface area contributed by atoms with Gasteiger partial charge in [0.25, 0.3) is 0 Å². The van der Waals surface area contributed by atoms with Crippen LogP contribution < -0.4 is 10.1 Å². The van der Waals surface area contributed by atoms with Gasteiger partial charge >= 0.3 is 0 Å². The molecule has 0 aliphatic heterocycles. The van der Waals surface area contributed by atoms with Crippen molar-refractivity contribution < 1.29 is 4.74 Å². The Bertz CT molecular complexity index is 507. The summed E-state index contributed by atoms with van der Waals surface area (Å²) in [5.41, 5.74) is 2.49. The van der Waals surface area contributed by atoms with E-state index in [1.165, 1.54) is 24.0 Å². The molecule has 2 heteroatoms. The van der Waals surface area contributed by atoms with Crippen molar-refractivity contribution in [3.05, 3.63) is 65.7 Å². The van der Waals surface area contributed by atoms with Crippen molar-refractivity contribution in [1.82, 2.24) is 5.32 Å². The van der Waals surface area contributed by atoms with Gasteiger partial charge in [-0.3, -0.25) is 0 Å². The highest BCUT2D eigenvalue weighted by Gasteiger charge is 2.01. The molecule has 0 aromatic heterocycles. The SMILES string of the molecule is CCCC(C)NCc1ccc(OCc2ccccc2)cc1. The normalized spacial score (nSPS) is 12.1. The lowest BCUT2D eigenvalue weighted by Crippen LogP contribution is -2.24. The van der Waals surface area contributed by atoms with E-state index in [4.69, 9.17) is 4.74 Å². The summed E-state index contributed by atoms with van der Waals surface area (Å²) < 4.78 is 5.79. The van der Waals surface area contributed by atoms with Gasteiger partial charge in [-0.1, -0.05) is 55.8 Å². The average molecular weight is 283 g/mol. The van der Waals surface area contributed by atoms with Gasteiger partial charge in [-0.25, -0.2) is 0 Å². The Kier molecular flexibility index (Phi) is 6.29. The molecule has 1 unspecified atom stereocenters. The highest BCUT2D eigenvalue weighted by Crippen LogP contribution is 2.14. The van der Waals surface area contributed by atoms with Crippen LogP contribution in [0.4, 0.5) is 0 Å². The van der Waals surface area contributed by atoms with Crippen molar-refractivity contribution in [2.24, 2.45) is 0 Å². The smallest absolute Gasteiger partial charge is 0.119 e. The van der Waals surface area contributed by atoms with Crippen LogP contribution in [0.2, 0.25) is 0 Å². The van der Waals surface area contributed by atoms with Gasteiger partial charge in [0, 0.05) is 12.6 Å². The zero-order chi connectivity index (χ0) is 14.9. The second-order valence-corrected chi connectivity index (χ2v) is 5.49. The van der Waals surface area contributed by atoms with Crippen molar-refractivity contribution in [2.75, 3.05) is 0 Å². The van der Waals surface area contributed by atoms with E-state index in [0.29, 0.717) is 12.6 Å². The third kappa shape index (κ3) is 5.60. The van der Waals surface area contributed by atoms with Crippen molar-refractivity contribution in [3.63, 3.8) is 0 Å². The Morgan fingerprint density at radius 3 is 2.33 bits per heavy atom. The zero-order valence-electron chi connectivity index (χ0n) is 13.0. The molecule has 0 amide bonds. The van der Waals surface area contributed by atoms with E-state index in [9.17, 15) is 0 Å². The van der Waals surface area contributed by atoms with Crippen LogP contribution in [0.25, 0.3) is 0 Å². The lowest BCUT2D eigenvalue weighted by atomic mass is 10.1. The molecule has 21 heavy (non-hydrogen) atoms. The molecular formula is C19H25NO. The first-order valence-electron chi connectivity index (χ1n) is 7.77. The number of benzene rings is 2. The third-order valence-electron chi connectivity index (χ3n) is 3.55. The predicted octanol–water partition coefficient (Wildman–Crippen LogP) is 4.54. The highest BCUT2D eigenvalue weighted by molar-refractivity contribution is 5.27. The number of hydrogen-bond donors (Lipinski definition) is 1. The van der Waals surface area contributed by atoms with Crippen LogP contribution in [0.5, 0.6) is 5.75 Å². The van der Waals surface area contributed by atoms with Crippen LogP contribution in [0.1, 0.15) is 37.8 Å². The first-order valence-corrected chi connectivity index (χ1v) is 7.77. The molecule has 0 radical (unpaired) electrons. The fourth-order valence-corrected chi connectivity index (χ4v) is 2.27. The van der Waals surface area contributed by atoms with Crippen molar-refractivity contribution >= 4 is 0 Å². The fraction of sp³-hybridized carbons (Fsp3) is 0.368. The van der Waals surface area contributed by atoms with Gasteiger partial charge in [0.2, 0.25) is 0 Å². The molecule has 0 bridgehead atoms. The van der Waals surface area contributed by atoms with Gasteiger partial charge in [0.1, 0.15) is 12.4 Å². The van der Waals surface area contributed by atoms with E-state index in [-0.39, 0.29) is 0 Å². The number of nitrogens with one attached hydrogen (secondary N) is 1.